The topological polar surface area (TPSA) is 52.8 Å². The fraction of sp³-hybridized carbons (Fsp3) is 0.435. The van der Waals surface area contributed by atoms with Gasteiger partial charge < -0.3 is 4.74 Å². The highest BCUT2D eigenvalue weighted by Gasteiger charge is 2.34. The Labute approximate surface area is 165 Å². The zero-order chi connectivity index (χ0) is 18.9. The minimum absolute atomic E-state index is 0.241. The van der Waals surface area contributed by atoms with Gasteiger partial charge >= 0.3 is 0 Å². The minimum Gasteiger partial charge on any atom is -0.474 e. The van der Waals surface area contributed by atoms with Crippen molar-refractivity contribution < 1.29 is 4.74 Å². The molecule has 2 aliphatic carbocycles. The number of aryl methyl sites for hydroxylation is 1. The second-order valence-electron chi connectivity index (χ2n) is 8.12. The van der Waals surface area contributed by atoms with E-state index in [0.29, 0.717) is 11.8 Å². The van der Waals surface area contributed by atoms with Gasteiger partial charge in [-0.25, -0.2) is 4.98 Å². The monoisotopic (exact) mass is 374 g/mol. The molecule has 144 valence electrons. The lowest BCUT2D eigenvalue weighted by Gasteiger charge is -2.28. The van der Waals surface area contributed by atoms with Crippen LogP contribution in [0.2, 0.25) is 0 Å². The summed E-state index contributed by atoms with van der Waals surface area (Å²) >= 11 is 0. The Bertz CT molecular complexity index is 923. The van der Waals surface area contributed by atoms with Gasteiger partial charge in [0.2, 0.25) is 5.88 Å². The van der Waals surface area contributed by atoms with Crippen molar-refractivity contribution in [3.05, 3.63) is 65.9 Å². The van der Waals surface area contributed by atoms with Gasteiger partial charge in [0.1, 0.15) is 17.8 Å². The van der Waals surface area contributed by atoms with Crippen LogP contribution in [0.25, 0.3) is 5.69 Å². The molecule has 0 N–H and O–H groups in total. The highest BCUT2D eigenvalue weighted by atomic mass is 16.5. The summed E-state index contributed by atoms with van der Waals surface area (Å²) in [4.78, 5) is 4.29. The van der Waals surface area contributed by atoms with Crippen LogP contribution in [-0.4, -0.2) is 25.9 Å². The van der Waals surface area contributed by atoms with Crippen LogP contribution in [0, 0.1) is 6.92 Å². The average Bonchev–Trinajstić information content (AvgIpc) is 3.49. The first-order valence-electron chi connectivity index (χ1n) is 10.4. The van der Waals surface area contributed by atoms with Crippen molar-refractivity contribution in [3.8, 4) is 11.6 Å². The first kappa shape index (κ1) is 17.4. The molecule has 2 heterocycles. The Morgan fingerprint density at radius 3 is 2.04 bits per heavy atom. The molecule has 3 aromatic rings. The molecule has 5 nitrogen and oxygen atoms in total. The zero-order valence-corrected chi connectivity index (χ0v) is 16.3. The van der Waals surface area contributed by atoms with Crippen LogP contribution in [0.3, 0.4) is 0 Å². The van der Waals surface area contributed by atoms with Crippen molar-refractivity contribution in [1.82, 2.24) is 19.7 Å². The van der Waals surface area contributed by atoms with Gasteiger partial charge in [0, 0.05) is 29.8 Å². The smallest absolute Gasteiger partial charge is 0.213 e. The normalized spacial score (nSPS) is 22.2. The predicted molar refractivity (Wildman–Crippen MR) is 108 cm³/mol. The number of hydrogen-bond acceptors (Lipinski definition) is 4. The van der Waals surface area contributed by atoms with E-state index in [-0.39, 0.29) is 6.10 Å². The number of ether oxygens (including phenoxy) is 1. The van der Waals surface area contributed by atoms with Crippen molar-refractivity contribution >= 4 is 0 Å². The summed E-state index contributed by atoms with van der Waals surface area (Å²) in [6.07, 6.45) is 8.69. The molecular weight excluding hydrogens is 348 g/mol. The van der Waals surface area contributed by atoms with Crippen LogP contribution < -0.4 is 4.74 Å². The molecule has 5 rings (SSSR count). The zero-order valence-electron chi connectivity index (χ0n) is 16.3. The third-order valence-corrected chi connectivity index (χ3v) is 5.91. The fourth-order valence-electron chi connectivity index (χ4n) is 4.16. The lowest BCUT2D eigenvalue weighted by molar-refractivity contribution is 0.139. The van der Waals surface area contributed by atoms with Crippen molar-refractivity contribution in [3.63, 3.8) is 0 Å². The average molecular weight is 374 g/mol. The van der Waals surface area contributed by atoms with Gasteiger partial charge in [-0.15, -0.1) is 10.2 Å². The van der Waals surface area contributed by atoms with Crippen LogP contribution in [0.5, 0.6) is 5.88 Å². The maximum absolute atomic E-state index is 6.07. The molecule has 0 bridgehead atoms. The molecule has 2 aromatic heterocycles. The Morgan fingerprint density at radius 2 is 1.46 bits per heavy atom. The number of benzene rings is 1. The second kappa shape index (κ2) is 7.38. The maximum atomic E-state index is 6.07. The molecule has 0 aliphatic heterocycles. The van der Waals surface area contributed by atoms with Gasteiger partial charge in [0.05, 0.1) is 0 Å². The van der Waals surface area contributed by atoms with Crippen LogP contribution in [0.1, 0.15) is 67.6 Å². The molecule has 2 aliphatic rings. The summed E-state index contributed by atoms with van der Waals surface area (Å²) in [5, 5.41) is 9.28. The lowest BCUT2D eigenvalue weighted by atomic mass is 9.86. The van der Waals surface area contributed by atoms with Crippen LogP contribution in [0.4, 0.5) is 0 Å². The van der Waals surface area contributed by atoms with Crippen LogP contribution in [0.15, 0.2) is 48.7 Å². The third-order valence-electron chi connectivity index (χ3n) is 5.91. The standard InChI is InChI=1S/C23H26N4O/c1-16-5-11-19(12-6-16)27-22(17-7-8-17)25-26-23(27)18-9-13-20(14-10-18)28-21-4-2-3-15-24-21/h2-6,11-12,15,17-18,20H,7-10,13-14H2,1H3. The van der Waals surface area contributed by atoms with Gasteiger partial charge in [0.15, 0.2) is 0 Å². The molecule has 0 unspecified atom stereocenters. The molecule has 0 spiro atoms. The molecule has 2 fully saturated rings. The van der Waals surface area contributed by atoms with E-state index in [4.69, 9.17) is 4.74 Å². The maximum Gasteiger partial charge on any atom is 0.213 e. The van der Waals surface area contributed by atoms with Gasteiger partial charge in [-0.1, -0.05) is 23.8 Å². The van der Waals surface area contributed by atoms with E-state index in [1.807, 2.05) is 18.2 Å². The van der Waals surface area contributed by atoms with E-state index in [9.17, 15) is 0 Å². The molecule has 0 amide bonds. The van der Waals surface area contributed by atoms with Crippen molar-refractivity contribution in [1.29, 1.82) is 0 Å². The molecule has 5 heteroatoms. The number of pyridine rings is 1. The Hall–Kier alpha value is -2.69. The Kier molecular flexibility index (Phi) is 4.59. The highest BCUT2D eigenvalue weighted by Crippen LogP contribution is 2.42. The number of nitrogens with zero attached hydrogens (tertiary/aromatic N) is 4. The second-order valence-corrected chi connectivity index (χ2v) is 8.12. The lowest BCUT2D eigenvalue weighted by Crippen LogP contribution is -2.25. The SMILES string of the molecule is Cc1ccc(-n2c(C3CCC(Oc4ccccn4)CC3)nnc2C2CC2)cc1. The van der Waals surface area contributed by atoms with Crippen LogP contribution >= 0.6 is 0 Å². The van der Waals surface area contributed by atoms with Gasteiger partial charge in [-0.3, -0.25) is 4.57 Å². The molecule has 1 aromatic carbocycles. The number of rotatable bonds is 5. The van der Waals surface area contributed by atoms with E-state index in [2.05, 4.69) is 50.9 Å². The molecule has 0 saturated heterocycles. The molecular formula is C23H26N4O. The summed E-state index contributed by atoms with van der Waals surface area (Å²) in [6.45, 7) is 2.13. The van der Waals surface area contributed by atoms with E-state index in [0.717, 1.165) is 43.2 Å². The first-order valence-corrected chi connectivity index (χ1v) is 10.4. The van der Waals surface area contributed by atoms with Gasteiger partial charge in [0.25, 0.3) is 0 Å². The van der Waals surface area contributed by atoms with E-state index in [1.54, 1.807) is 6.20 Å². The van der Waals surface area contributed by atoms with Crippen molar-refractivity contribution in [2.24, 2.45) is 0 Å². The molecule has 0 atom stereocenters. The summed E-state index contributed by atoms with van der Waals surface area (Å²) in [5.41, 5.74) is 2.47. The molecule has 28 heavy (non-hydrogen) atoms. The van der Waals surface area contributed by atoms with E-state index in [1.165, 1.54) is 24.1 Å². The van der Waals surface area contributed by atoms with Gasteiger partial charge in [-0.2, -0.15) is 0 Å². The quantitative estimate of drug-likeness (QED) is 0.634. The fourth-order valence-corrected chi connectivity index (χ4v) is 4.16. The van der Waals surface area contributed by atoms with Crippen molar-refractivity contribution in [2.75, 3.05) is 0 Å². The van der Waals surface area contributed by atoms with E-state index >= 15 is 0 Å². The Morgan fingerprint density at radius 1 is 0.821 bits per heavy atom. The molecule has 2 saturated carbocycles. The van der Waals surface area contributed by atoms with Crippen molar-refractivity contribution in [2.45, 2.75) is 63.4 Å². The molecule has 0 radical (unpaired) electrons. The minimum atomic E-state index is 0.241. The van der Waals surface area contributed by atoms with Gasteiger partial charge in [-0.05, 0) is 63.6 Å². The third kappa shape index (κ3) is 3.53. The van der Waals surface area contributed by atoms with E-state index < -0.39 is 0 Å². The predicted octanol–water partition coefficient (Wildman–Crippen LogP) is 4.95. The first-order chi connectivity index (χ1) is 13.8. The number of hydrogen-bond donors (Lipinski definition) is 0. The Balaban J connectivity index is 1.35. The summed E-state index contributed by atoms with van der Waals surface area (Å²) in [6, 6.07) is 14.6. The summed E-state index contributed by atoms with van der Waals surface area (Å²) in [5.74, 6) is 4.01. The largest absolute Gasteiger partial charge is 0.474 e. The summed E-state index contributed by atoms with van der Waals surface area (Å²) < 4.78 is 8.40. The highest BCUT2D eigenvalue weighted by molar-refractivity contribution is 5.38. The summed E-state index contributed by atoms with van der Waals surface area (Å²) in [7, 11) is 0. The van der Waals surface area contributed by atoms with Crippen LogP contribution in [-0.2, 0) is 0 Å². The number of aromatic nitrogens is 4.